The lowest BCUT2D eigenvalue weighted by molar-refractivity contribution is -0.00757. The highest BCUT2D eigenvalue weighted by Gasteiger charge is 2.49. The smallest absolute Gasteiger partial charge is 0.122 e. The predicted molar refractivity (Wildman–Crippen MR) is 76.6 cm³/mol. The van der Waals surface area contributed by atoms with Crippen LogP contribution in [0.2, 0.25) is 0 Å². The number of hydrogen-bond acceptors (Lipinski definition) is 2. The van der Waals surface area contributed by atoms with Gasteiger partial charge in [0.05, 0.1) is 7.11 Å². The van der Waals surface area contributed by atoms with Crippen molar-refractivity contribution in [1.82, 2.24) is 0 Å². The molecule has 2 bridgehead atoms. The Bertz CT molecular complexity index is 454. The fraction of sp³-hybridized carbons (Fsp3) is 0.647. The molecule has 0 amide bonds. The Labute approximate surface area is 115 Å². The molecule has 2 heteroatoms. The molecule has 0 saturated heterocycles. The Hall–Kier alpha value is -1.02. The first-order valence-electron chi connectivity index (χ1n) is 7.39. The topological polar surface area (TPSA) is 29.5 Å². The van der Waals surface area contributed by atoms with E-state index in [1.165, 1.54) is 49.7 Å². The first-order chi connectivity index (χ1) is 9.13. The van der Waals surface area contributed by atoms with Crippen LogP contribution in [0, 0.1) is 12.3 Å². The van der Waals surface area contributed by atoms with Crippen molar-refractivity contribution in [2.45, 2.75) is 50.9 Å². The summed E-state index contributed by atoms with van der Waals surface area (Å²) in [5, 5.41) is 9.64. The summed E-state index contributed by atoms with van der Waals surface area (Å²) in [5.41, 5.74) is 3.25. The van der Waals surface area contributed by atoms with E-state index < -0.39 is 0 Å². The molecule has 0 radical (unpaired) electrons. The van der Waals surface area contributed by atoms with E-state index >= 15 is 0 Å². The predicted octanol–water partition coefficient (Wildman–Crippen LogP) is 3.59. The number of rotatable bonds is 3. The van der Waals surface area contributed by atoms with Crippen molar-refractivity contribution in [3.05, 3.63) is 29.3 Å². The van der Waals surface area contributed by atoms with Crippen LogP contribution < -0.4 is 4.74 Å². The minimum absolute atomic E-state index is 0.235. The van der Waals surface area contributed by atoms with Gasteiger partial charge in [0.1, 0.15) is 5.75 Å². The average molecular weight is 260 g/mol. The zero-order chi connectivity index (χ0) is 13.5. The van der Waals surface area contributed by atoms with Gasteiger partial charge in [0, 0.05) is 12.2 Å². The zero-order valence-electron chi connectivity index (χ0n) is 12.0. The maximum Gasteiger partial charge on any atom is 0.122 e. The molecule has 0 aromatic heterocycles. The van der Waals surface area contributed by atoms with Crippen LogP contribution in [0.25, 0.3) is 0 Å². The van der Waals surface area contributed by atoms with Gasteiger partial charge in [-0.15, -0.1) is 0 Å². The summed E-state index contributed by atoms with van der Waals surface area (Å²) in [5.74, 6) is 1.05. The van der Waals surface area contributed by atoms with Gasteiger partial charge in [-0.3, -0.25) is 0 Å². The van der Waals surface area contributed by atoms with Gasteiger partial charge >= 0.3 is 0 Å². The summed E-state index contributed by atoms with van der Waals surface area (Å²) in [6.07, 6.45) is 7.11. The van der Waals surface area contributed by atoms with Crippen molar-refractivity contribution in [2.75, 3.05) is 13.7 Å². The van der Waals surface area contributed by atoms with Gasteiger partial charge in [0.25, 0.3) is 0 Å². The fourth-order valence-electron chi connectivity index (χ4n) is 4.14. The van der Waals surface area contributed by atoms with Crippen LogP contribution in [-0.4, -0.2) is 18.8 Å². The third-order valence-corrected chi connectivity index (χ3v) is 5.66. The van der Waals surface area contributed by atoms with Crippen LogP contribution in [0.3, 0.4) is 0 Å². The van der Waals surface area contributed by atoms with Gasteiger partial charge in [-0.25, -0.2) is 0 Å². The monoisotopic (exact) mass is 260 g/mol. The second-order valence-corrected chi connectivity index (χ2v) is 6.64. The minimum atomic E-state index is 0.235. The molecule has 3 saturated carbocycles. The number of aryl methyl sites for hydroxylation is 1. The minimum Gasteiger partial charge on any atom is -0.496 e. The molecule has 1 aromatic carbocycles. The van der Waals surface area contributed by atoms with Crippen molar-refractivity contribution < 1.29 is 9.84 Å². The van der Waals surface area contributed by atoms with E-state index in [2.05, 4.69) is 25.1 Å². The normalized spacial score (nSPS) is 33.4. The number of ether oxygens (including phenoxy) is 1. The van der Waals surface area contributed by atoms with E-state index in [0.29, 0.717) is 12.0 Å². The summed E-state index contributed by atoms with van der Waals surface area (Å²) in [6.45, 7) is 2.53. The van der Waals surface area contributed by atoms with Crippen LogP contribution in [0.15, 0.2) is 18.2 Å². The third-order valence-electron chi connectivity index (χ3n) is 5.66. The van der Waals surface area contributed by atoms with E-state index in [1.807, 2.05) is 0 Å². The maximum atomic E-state index is 9.64. The molecular weight excluding hydrogens is 236 g/mol. The van der Waals surface area contributed by atoms with Crippen molar-refractivity contribution >= 4 is 0 Å². The highest BCUT2D eigenvalue weighted by Crippen LogP contribution is 2.58. The molecule has 0 aliphatic heterocycles. The number of fused-ring (bicyclic) bond motifs is 3. The Balaban J connectivity index is 1.97. The van der Waals surface area contributed by atoms with Gasteiger partial charge in [-0.1, -0.05) is 17.7 Å². The summed E-state index contributed by atoms with van der Waals surface area (Å²) < 4.78 is 5.60. The molecule has 0 spiro atoms. The Morgan fingerprint density at radius 1 is 1.11 bits per heavy atom. The lowest BCUT2D eigenvalue weighted by Gasteiger charge is -2.53. The molecule has 0 heterocycles. The lowest BCUT2D eigenvalue weighted by atomic mass is 9.52. The summed E-state index contributed by atoms with van der Waals surface area (Å²) in [6, 6.07) is 6.56. The maximum absolute atomic E-state index is 9.64. The largest absolute Gasteiger partial charge is 0.496 e. The quantitative estimate of drug-likeness (QED) is 0.900. The van der Waals surface area contributed by atoms with Gasteiger partial charge in [-0.2, -0.15) is 0 Å². The molecule has 3 fully saturated rings. The number of aliphatic hydroxyl groups excluding tert-OH is 1. The number of methoxy groups -OCH3 is 1. The summed E-state index contributed by atoms with van der Waals surface area (Å²) in [4.78, 5) is 0. The Morgan fingerprint density at radius 2 is 1.74 bits per heavy atom. The van der Waals surface area contributed by atoms with Crippen LogP contribution in [0.4, 0.5) is 0 Å². The SMILES string of the molecule is COc1ccc(C)cc1C12CCC(CO)(CC1)CC2. The van der Waals surface area contributed by atoms with E-state index in [1.54, 1.807) is 7.11 Å². The molecule has 3 aliphatic carbocycles. The molecule has 3 aliphatic rings. The highest BCUT2D eigenvalue weighted by molar-refractivity contribution is 5.43. The highest BCUT2D eigenvalue weighted by atomic mass is 16.5. The number of hydrogen-bond donors (Lipinski definition) is 1. The molecule has 104 valence electrons. The van der Waals surface area contributed by atoms with E-state index in [0.717, 1.165) is 5.75 Å². The molecule has 1 N–H and O–H groups in total. The summed E-state index contributed by atoms with van der Waals surface area (Å²) in [7, 11) is 1.77. The molecular formula is C17H24O2. The second-order valence-electron chi connectivity index (χ2n) is 6.64. The van der Waals surface area contributed by atoms with Gasteiger partial charge < -0.3 is 9.84 Å². The molecule has 19 heavy (non-hydrogen) atoms. The number of benzene rings is 1. The zero-order valence-corrected chi connectivity index (χ0v) is 12.0. The molecule has 0 unspecified atom stereocenters. The first-order valence-corrected chi connectivity index (χ1v) is 7.39. The van der Waals surface area contributed by atoms with Crippen LogP contribution in [0.1, 0.15) is 49.7 Å². The van der Waals surface area contributed by atoms with Crippen LogP contribution >= 0.6 is 0 Å². The van der Waals surface area contributed by atoms with Gasteiger partial charge in [0.2, 0.25) is 0 Å². The van der Waals surface area contributed by atoms with Crippen molar-refractivity contribution in [2.24, 2.45) is 5.41 Å². The lowest BCUT2D eigenvalue weighted by Crippen LogP contribution is -2.45. The fourth-order valence-corrected chi connectivity index (χ4v) is 4.14. The summed E-state index contributed by atoms with van der Waals surface area (Å²) >= 11 is 0. The van der Waals surface area contributed by atoms with Crippen molar-refractivity contribution in [1.29, 1.82) is 0 Å². The third kappa shape index (κ3) is 1.97. The van der Waals surface area contributed by atoms with Crippen LogP contribution in [-0.2, 0) is 5.41 Å². The van der Waals surface area contributed by atoms with Crippen molar-refractivity contribution in [3.8, 4) is 5.75 Å². The number of aliphatic hydroxyl groups is 1. The Kier molecular flexibility index (Phi) is 3.09. The Morgan fingerprint density at radius 3 is 2.26 bits per heavy atom. The standard InChI is InChI=1S/C17H24O2/c1-13-3-4-15(19-2)14(11-13)17-8-5-16(12-18,6-9-17)7-10-17/h3-4,11,18H,5-10,12H2,1-2H3. The molecule has 2 nitrogen and oxygen atoms in total. The van der Waals surface area contributed by atoms with Crippen molar-refractivity contribution in [3.63, 3.8) is 0 Å². The van der Waals surface area contributed by atoms with Gasteiger partial charge in [0.15, 0.2) is 0 Å². The van der Waals surface area contributed by atoms with Crippen LogP contribution in [0.5, 0.6) is 5.75 Å². The van der Waals surface area contributed by atoms with E-state index in [9.17, 15) is 5.11 Å². The molecule has 0 atom stereocenters. The second kappa shape index (κ2) is 4.52. The molecule has 4 rings (SSSR count). The van der Waals surface area contributed by atoms with E-state index in [4.69, 9.17) is 4.74 Å². The molecule has 1 aromatic rings. The average Bonchev–Trinajstić information content (AvgIpc) is 2.49. The van der Waals surface area contributed by atoms with Gasteiger partial charge in [-0.05, 0) is 62.3 Å². The van der Waals surface area contributed by atoms with E-state index in [-0.39, 0.29) is 5.41 Å². The first kappa shape index (κ1) is 13.0.